The second-order valence-corrected chi connectivity index (χ2v) is 6.31. The van der Waals surface area contributed by atoms with Gasteiger partial charge in [0.2, 0.25) is 0 Å². The van der Waals surface area contributed by atoms with Gasteiger partial charge in [0, 0.05) is 19.0 Å². The summed E-state index contributed by atoms with van der Waals surface area (Å²) in [5, 5.41) is 3.55. The number of benzene rings is 2. The van der Waals surface area contributed by atoms with Crippen LogP contribution in [0.25, 0.3) is 11.1 Å². The zero-order valence-electron chi connectivity index (χ0n) is 12.4. The second kappa shape index (κ2) is 5.19. The molecule has 0 aromatic heterocycles. The summed E-state index contributed by atoms with van der Waals surface area (Å²) in [5.74, 6) is 1.05. The number of hydrogen-bond acceptors (Lipinski definition) is 2. The van der Waals surface area contributed by atoms with Crippen molar-refractivity contribution in [3.63, 3.8) is 0 Å². The summed E-state index contributed by atoms with van der Waals surface area (Å²) < 4.78 is 5.77. The van der Waals surface area contributed by atoms with Crippen LogP contribution in [0.3, 0.4) is 0 Å². The van der Waals surface area contributed by atoms with Crippen molar-refractivity contribution >= 4 is 0 Å². The molecule has 1 saturated carbocycles. The van der Waals surface area contributed by atoms with Gasteiger partial charge in [-0.2, -0.15) is 0 Å². The molecule has 0 spiro atoms. The first-order chi connectivity index (χ1) is 10.3. The molecule has 1 N–H and O–H groups in total. The van der Waals surface area contributed by atoms with Gasteiger partial charge in [-0.25, -0.2) is 0 Å². The molecule has 0 amide bonds. The van der Waals surface area contributed by atoms with Gasteiger partial charge in [0.1, 0.15) is 11.9 Å². The topological polar surface area (TPSA) is 21.3 Å². The van der Waals surface area contributed by atoms with E-state index in [9.17, 15) is 0 Å². The molecular weight excluding hydrogens is 258 g/mol. The van der Waals surface area contributed by atoms with E-state index < -0.39 is 0 Å². The highest BCUT2D eigenvalue weighted by molar-refractivity contribution is 5.66. The highest BCUT2D eigenvalue weighted by Crippen LogP contribution is 2.32. The Morgan fingerprint density at radius 3 is 2.57 bits per heavy atom. The SMILES string of the molecule is CC1Cc2cc(-c3ccc(CNC4CC4)cc3)ccc2O1. The third kappa shape index (κ3) is 2.81. The summed E-state index contributed by atoms with van der Waals surface area (Å²) in [5.41, 5.74) is 5.27. The Bertz CT molecular complexity index is 643. The maximum atomic E-state index is 5.77. The fourth-order valence-corrected chi connectivity index (χ4v) is 2.97. The van der Waals surface area contributed by atoms with Gasteiger partial charge in [-0.05, 0) is 54.2 Å². The van der Waals surface area contributed by atoms with Gasteiger partial charge >= 0.3 is 0 Å². The van der Waals surface area contributed by atoms with Gasteiger partial charge in [-0.15, -0.1) is 0 Å². The molecule has 0 bridgehead atoms. The number of hydrogen-bond donors (Lipinski definition) is 1. The number of fused-ring (bicyclic) bond motifs is 1. The lowest BCUT2D eigenvalue weighted by Crippen LogP contribution is -2.14. The Morgan fingerprint density at radius 2 is 1.81 bits per heavy atom. The van der Waals surface area contributed by atoms with Crippen LogP contribution in [0.15, 0.2) is 42.5 Å². The molecule has 2 aromatic rings. The Hall–Kier alpha value is -1.80. The zero-order valence-corrected chi connectivity index (χ0v) is 12.4. The highest BCUT2D eigenvalue weighted by atomic mass is 16.5. The molecule has 1 atom stereocenters. The molecule has 2 heteroatoms. The van der Waals surface area contributed by atoms with E-state index in [-0.39, 0.29) is 0 Å². The lowest BCUT2D eigenvalue weighted by Gasteiger charge is -2.07. The average molecular weight is 279 g/mol. The van der Waals surface area contributed by atoms with Crippen LogP contribution in [-0.2, 0) is 13.0 Å². The van der Waals surface area contributed by atoms with Crippen molar-refractivity contribution in [1.29, 1.82) is 0 Å². The van der Waals surface area contributed by atoms with Crippen LogP contribution in [0, 0.1) is 0 Å². The van der Waals surface area contributed by atoms with Gasteiger partial charge in [-0.3, -0.25) is 0 Å². The Morgan fingerprint density at radius 1 is 1.05 bits per heavy atom. The molecule has 2 aromatic carbocycles. The van der Waals surface area contributed by atoms with Crippen LogP contribution in [0.4, 0.5) is 0 Å². The summed E-state index contributed by atoms with van der Waals surface area (Å²) in [6.45, 7) is 3.11. The van der Waals surface area contributed by atoms with Crippen LogP contribution in [0.5, 0.6) is 5.75 Å². The summed E-state index contributed by atoms with van der Waals surface area (Å²) in [6.07, 6.45) is 4.01. The molecule has 0 saturated heterocycles. The maximum absolute atomic E-state index is 5.77. The van der Waals surface area contributed by atoms with Crippen molar-refractivity contribution in [1.82, 2.24) is 5.32 Å². The number of ether oxygens (including phenoxy) is 1. The first-order valence-corrected chi connectivity index (χ1v) is 7.90. The third-order valence-electron chi connectivity index (χ3n) is 4.36. The summed E-state index contributed by atoms with van der Waals surface area (Å²) >= 11 is 0. The summed E-state index contributed by atoms with van der Waals surface area (Å²) in [6, 6.07) is 16.2. The van der Waals surface area contributed by atoms with E-state index in [0.717, 1.165) is 24.8 Å². The summed E-state index contributed by atoms with van der Waals surface area (Å²) in [4.78, 5) is 0. The molecule has 2 aliphatic rings. The van der Waals surface area contributed by atoms with E-state index in [4.69, 9.17) is 4.74 Å². The lowest BCUT2D eigenvalue weighted by molar-refractivity contribution is 0.254. The van der Waals surface area contributed by atoms with E-state index in [0.29, 0.717) is 6.10 Å². The molecule has 1 heterocycles. The minimum atomic E-state index is 0.311. The van der Waals surface area contributed by atoms with Crippen LogP contribution < -0.4 is 10.1 Å². The van der Waals surface area contributed by atoms with Crippen molar-refractivity contribution in [2.24, 2.45) is 0 Å². The van der Waals surface area contributed by atoms with Gasteiger partial charge in [0.15, 0.2) is 0 Å². The van der Waals surface area contributed by atoms with Gasteiger partial charge in [-0.1, -0.05) is 30.3 Å². The molecule has 2 nitrogen and oxygen atoms in total. The van der Waals surface area contributed by atoms with Crippen molar-refractivity contribution in [2.75, 3.05) is 0 Å². The first kappa shape index (κ1) is 12.9. The van der Waals surface area contributed by atoms with Crippen molar-refractivity contribution in [3.8, 4) is 16.9 Å². The highest BCUT2D eigenvalue weighted by Gasteiger charge is 2.20. The first-order valence-electron chi connectivity index (χ1n) is 7.90. The monoisotopic (exact) mass is 279 g/mol. The molecule has 108 valence electrons. The van der Waals surface area contributed by atoms with Crippen LogP contribution >= 0.6 is 0 Å². The van der Waals surface area contributed by atoms with Gasteiger partial charge in [0.25, 0.3) is 0 Å². The minimum absolute atomic E-state index is 0.311. The molecule has 1 aliphatic carbocycles. The van der Waals surface area contributed by atoms with E-state index in [2.05, 4.69) is 54.7 Å². The van der Waals surface area contributed by atoms with Crippen LogP contribution in [0.1, 0.15) is 30.9 Å². The van der Waals surface area contributed by atoms with E-state index in [1.54, 1.807) is 0 Å². The fraction of sp³-hybridized carbons (Fsp3) is 0.368. The lowest BCUT2D eigenvalue weighted by atomic mass is 10.00. The Balaban J connectivity index is 1.51. The summed E-state index contributed by atoms with van der Waals surface area (Å²) in [7, 11) is 0. The molecule has 1 unspecified atom stereocenters. The second-order valence-electron chi connectivity index (χ2n) is 6.31. The smallest absolute Gasteiger partial charge is 0.123 e. The Kier molecular flexibility index (Phi) is 3.19. The zero-order chi connectivity index (χ0) is 14.2. The largest absolute Gasteiger partial charge is 0.490 e. The van der Waals surface area contributed by atoms with E-state index in [1.165, 1.54) is 35.1 Å². The van der Waals surface area contributed by atoms with Crippen molar-refractivity contribution < 1.29 is 4.74 Å². The molecule has 1 aliphatic heterocycles. The van der Waals surface area contributed by atoms with E-state index >= 15 is 0 Å². The van der Waals surface area contributed by atoms with Gasteiger partial charge < -0.3 is 10.1 Å². The molecule has 21 heavy (non-hydrogen) atoms. The van der Waals surface area contributed by atoms with Crippen molar-refractivity contribution in [3.05, 3.63) is 53.6 Å². The number of nitrogens with one attached hydrogen (secondary N) is 1. The average Bonchev–Trinajstić information content (AvgIpc) is 3.25. The van der Waals surface area contributed by atoms with E-state index in [1.807, 2.05) is 0 Å². The maximum Gasteiger partial charge on any atom is 0.123 e. The normalized spacial score (nSPS) is 20.1. The standard InChI is InChI=1S/C19H21NO/c1-13-10-17-11-16(6-9-19(17)21-13)15-4-2-14(3-5-15)12-20-18-7-8-18/h2-6,9,11,13,18,20H,7-8,10,12H2,1H3. The molecule has 4 rings (SSSR count). The third-order valence-corrected chi connectivity index (χ3v) is 4.36. The van der Waals surface area contributed by atoms with Crippen LogP contribution in [0.2, 0.25) is 0 Å². The molecule has 0 radical (unpaired) electrons. The quantitative estimate of drug-likeness (QED) is 0.915. The fourth-order valence-electron chi connectivity index (χ4n) is 2.97. The van der Waals surface area contributed by atoms with Crippen molar-refractivity contribution in [2.45, 2.75) is 44.9 Å². The van der Waals surface area contributed by atoms with Gasteiger partial charge in [0.05, 0.1) is 0 Å². The predicted octanol–water partition coefficient (Wildman–Crippen LogP) is 3.93. The van der Waals surface area contributed by atoms with Crippen LogP contribution in [-0.4, -0.2) is 12.1 Å². The Labute approximate surface area is 126 Å². The molecule has 1 fully saturated rings. The minimum Gasteiger partial charge on any atom is -0.490 e. The molecular formula is C19H21NO. The predicted molar refractivity (Wildman–Crippen MR) is 85.5 cm³/mol. The number of rotatable bonds is 4.